The number of carbonyl (C=O) groups excluding carboxylic acids is 14. The quantitative estimate of drug-likeness (QED) is 0.0288. The number of aromatic amines is 1. The van der Waals surface area contributed by atoms with Crippen LogP contribution in [0.1, 0.15) is 113 Å². The van der Waals surface area contributed by atoms with Crippen molar-refractivity contribution >= 4 is 107 Å². The van der Waals surface area contributed by atoms with Gasteiger partial charge in [0.2, 0.25) is 82.7 Å². The smallest absolute Gasteiger partial charge is 0.328 e. The van der Waals surface area contributed by atoms with Crippen molar-refractivity contribution in [3.05, 3.63) is 18.2 Å². The van der Waals surface area contributed by atoms with Crippen LogP contribution in [0.3, 0.4) is 0 Å². The standard InChI is InChI=1S/C62H99N17O27/c1-10-27(6)46(58(101)72-37(22-80)52(95)66-21-41(86)74-47(28(7)82)60(103)78-49(30(9)84)62(105)106)76-54(97)34(16-42(87)88)68-40(85)20-65-51(94)33(14-25(2)3)69-53(96)35(17-43(89)90)71-57(100)45(26(4)5)75-55(98)36(18-44(91)92)70-56(99)39-12-11-13-79(39)61(104)38(23-81)73-59(102)48(29(8)83)77-50(93)32(63)15-31-19-64-24-67-31/h19,24-30,32-39,45-49,80-84H,10-18,20-23,63H2,1-9H3,(H,64,67)(H,65,94)(H,66,95)(H,68,85)(H,69,96)(H,70,99)(H,71,100)(H,72,101)(H,73,102)(H,74,86)(H,75,98)(H,76,97)(H,77,93)(H,78,103)(H,87,88)(H,89,90)(H,91,92)(H,105,106)/t27-,28+,29+,30+,32-,33-,34-,35-,36-,37-,38-,39-,45-,46-,47-,48-,49-/m0/s1. The summed E-state index contributed by atoms with van der Waals surface area (Å²) in [5.41, 5.74) is 6.36. The number of nitrogens with two attached hydrogens (primary N) is 1. The van der Waals surface area contributed by atoms with Crippen LogP contribution in [0.4, 0.5) is 0 Å². The maximum Gasteiger partial charge on any atom is 0.328 e. The first-order valence-electron chi connectivity index (χ1n) is 33.5. The Morgan fingerprint density at radius 1 is 0.500 bits per heavy atom. The minimum absolute atomic E-state index is 0.0710. The van der Waals surface area contributed by atoms with Crippen LogP contribution >= 0.6 is 0 Å². The highest BCUT2D eigenvalue weighted by Gasteiger charge is 2.43. The van der Waals surface area contributed by atoms with Gasteiger partial charge >= 0.3 is 23.9 Å². The Kier molecular flexibility index (Phi) is 38.2. The van der Waals surface area contributed by atoms with Crippen LogP contribution in [0, 0.1) is 17.8 Å². The third-order valence-corrected chi connectivity index (χ3v) is 16.2. The number of nitrogens with zero attached hydrogens (tertiary/aromatic N) is 2. The maximum atomic E-state index is 14.0. The van der Waals surface area contributed by atoms with E-state index in [1.54, 1.807) is 20.8 Å². The van der Waals surface area contributed by atoms with Gasteiger partial charge in [0.25, 0.3) is 0 Å². The molecular weight excluding hydrogens is 1410 g/mol. The van der Waals surface area contributed by atoms with Crippen LogP contribution in [-0.4, -0.2) is 297 Å². The van der Waals surface area contributed by atoms with Crippen LogP contribution in [0.25, 0.3) is 0 Å². The van der Waals surface area contributed by atoms with Gasteiger partial charge < -0.3 is 131 Å². The van der Waals surface area contributed by atoms with Crippen LogP contribution in [0.2, 0.25) is 0 Å². The Labute approximate surface area is 606 Å². The number of rotatable bonds is 46. The normalized spacial score (nSPS) is 17.2. The van der Waals surface area contributed by atoms with Crippen molar-refractivity contribution in [2.24, 2.45) is 23.5 Å². The summed E-state index contributed by atoms with van der Waals surface area (Å²) < 4.78 is 0. The van der Waals surface area contributed by atoms with E-state index in [0.717, 1.165) is 25.7 Å². The summed E-state index contributed by atoms with van der Waals surface area (Å²) in [6.07, 6.45) is -5.60. The molecule has 2 heterocycles. The van der Waals surface area contributed by atoms with E-state index in [-0.39, 0.29) is 38.6 Å². The van der Waals surface area contributed by atoms with Crippen molar-refractivity contribution in [3.63, 3.8) is 0 Å². The maximum absolute atomic E-state index is 14.0. The lowest BCUT2D eigenvalue weighted by Crippen LogP contribution is -2.62. The molecule has 0 radical (unpaired) electrons. The molecule has 106 heavy (non-hydrogen) atoms. The lowest BCUT2D eigenvalue weighted by atomic mass is 9.97. The number of carboxylic acid groups (broad SMARTS) is 4. The average molecular weight is 1510 g/mol. The Balaban J connectivity index is 2.23. The molecule has 44 nitrogen and oxygen atoms in total. The zero-order valence-corrected chi connectivity index (χ0v) is 59.7. The summed E-state index contributed by atoms with van der Waals surface area (Å²) in [5.74, 6) is -25.3. The van der Waals surface area contributed by atoms with Gasteiger partial charge in [-0.25, -0.2) is 9.78 Å². The van der Waals surface area contributed by atoms with Gasteiger partial charge in [-0.15, -0.1) is 0 Å². The molecule has 17 atom stereocenters. The minimum atomic E-state index is -2.05. The van der Waals surface area contributed by atoms with Crippen molar-refractivity contribution in [1.29, 1.82) is 0 Å². The summed E-state index contributed by atoms with van der Waals surface area (Å²) in [4.78, 5) is 244. The lowest BCUT2D eigenvalue weighted by Gasteiger charge is -2.31. The highest BCUT2D eigenvalue weighted by atomic mass is 16.4. The molecule has 1 fully saturated rings. The van der Waals surface area contributed by atoms with Gasteiger partial charge in [0.05, 0.1) is 81.9 Å². The van der Waals surface area contributed by atoms with Crippen molar-refractivity contribution in [1.82, 2.24) is 84.0 Å². The molecule has 1 aliphatic heterocycles. The van der Waals surface area contributed by atoms with Crippen LogP contribution in [-0.2, 0) is 92.7 Å². The van der Waals surface area contributed by atoms with Crippen LogP contribution in [0.15, 0.2) is 12.5 Å². The number of imidazole rings is 1. The van der Waals surface area contributed by atoms with Crippen LogP contribution < -0.4 is 74.9 Å². The third kappa shape index (κ3) is 30.3. The zero-order chi connectivity index (χ0) is 80.7. The second kappa shape index (κ2) is 44.3. The number of likely N-dealkylation sites (tertiary alicyclic amines) is 1. The molecule has 594 valence electrons. The van der Waals surface area contributed by atoms with E-state index in [4.69, 9.17) is 5.73 Å². The van der Waals surface area contributed by atoms with Crippen molar-refractivity contribution in [2.45, 2.75) is 211 Å². The summed E-state index contributed by atoms with van der Waals surface area (Å²) in [6, 6.07) is -22.8. The van der Waals surface area contributed by atoms with Gasteiger partial charge in [-0.1, -0.05) is 48.0 Å². The fourth-order valence-corrected chi connectivity index (χ4v) is 10.3. The predicted molar refractivity (Wildman–Crippen MR) is 360 cm³/mol. The van der Waals surface area contributed by atoms with Gasteiger partial charge in [-0.3, -0.25) is 81.5 Å². The van der Waals surface area contributed by atoms with Crippen molar-refractivity contribution in [3.8, 4) is 0 Å². The molecule has 1 aromatic rings. The topological polar surface area (TPSA) is 704 Å². The minimum Gasteiger partial charge on any atom is -0.481 e. The molecule has 0 unspecified atom stereocenters. The van der Waals surface area contributed by atoms with E-state index in [0.29, 0.717) is 5.69 Å². The SMILES string of the molecule is CC[C@H](C)[C@H](NC(=O)[C@H](CC(=O)O)NC(=O)CNC(=O)[C@H](CC(C)C)NC(=O)[C@H](CC(=O)O)NC(=O)[C@@H](NC(=O)[C@H](CC(=O)O)NC(=O)[C@@H]1CCCN1C(=O)[C@H](CO)NC(=O)[C@@H](NC(=O)[C@@H](N)Cc1c[nH]cn1)[C@@H](C)O)C(C)C)C(=O)N[C@@H](CO)C(=O)NCC(=O)N[C@H](C(=O)N[C@H](C(=O)O)[C@@H](C)O)[C@@H](C)O. The number of hydrogen-bond acceptors (Lipinski definition) is 25. The predicted octanol–water partition coefficient (Wildman–Crippen LogP) is -10.8. The van der Waals surface area contributed by atoms with E-state index in [2.05, 4.69) is 73.8 Å². The van der Waals surface area contributed by atoms with Gasteiger partial charge in [0, 0.05) is 19.2 Å². The number of aliphatic hydroxyl groups excluding tert-OH is 5. The van der Waals surface area contributed by atoms with Gasteiger partial charge in [0.15, 0.2) is 6.04 Å². The molecular formula is C62H99N17O27. The Morgan fingerprint density at radius 2 is 0.915 bits per heavy atom. The van der Waals surface area contributed by atoms with Crippen molar-refractivity contribution < 1.29 is 132 Å². The molecule has 0 aromatic carbocycles. The van der Waals surface area contributed by atoms with E-state index in [1.807, 2.05) is 5.32 Å². The average Bonchev–Trinajstić information content (AvgIpc) is 1.59. The first-order chi connectivity index (χ1) is 49.5. The Morgan fingerprint density at radius 3 is 1.39 bits per heavy atom. The molecule has 25 N–H and O–H groups in total. The monoisotopic (exact) mass is 1510 g/mol. The van der Waals surface area contributed by atoms with E-state index in [9.17, 15) is 132 Å². The van der Waals surface area contributed by atoms with Crippen molar-refractivity contribution in [2.75, 3.05) is 32.8 Å². The molecule has 0 aliphatic carbocycles. The molecule has 14 amide bonds. The molecule has 2 rings (SSSR count). The number of aliphatic carboxylic acids is 4. The number of hydrogen-bond donors (Lipinski definition) is 24. The molecule has 1 aliphatic rings. The zero-order valence-electron chi connectivity index (χ0n) is 59.7. The number of aromatic nitrogens is 2. The highest BCUT2D eigenvalue weighted by Crippen LogP contribution is 2.20. The molecule has 1 aromatic heterocycles. The summed E-state index contributed by atoms with van der Waals surface area (Å²) in [7, 11) is 0. The highest BCUT2D eigenvalue weighted by molar-refractivity contribution is 6.01. The largest absolute Gasteiger partial charge is 0.481 e. The number of H-pyrrole nitrogens is 1. The number of aliphatic hydroxyl groups is 5. The van der Waals surface area contributed by atoms with Gasteiger partial charge in [0.1, 0.15) is 66.5 Å². The number of amides is 14. The Hall–Kier alpha value is -10.6. The fourth-order valence-electron chi connectivity index (χ4n) is 10.3. The first kappa shape index (κ1) is 91.5. The summed E-state index contributed by atoms with van der Waals surface area (Å²) in [5, 5.41) is 118. The second-order valence-corrected chi connectivity index (χ2v) is 25.9. The summed E-state index contributed by atoms with van der Waals surface area (Å²) >= 11 is 0. The molecule has 44 heteroatoms. The van der Waals surface area contributed by atoms with Gasteiger partial charge in [-0.2, -0.15) is 0 Å². The molecule has 0 bridgehead atoms. The summed E-state index contributed by atoms with van der Waals surface area (Å²) in [6.45, 7) is 7.81. The molecule has 1 saturated heterocycles. The number of carbonyl (C=O) groups is 18. The molecule has 0 saturated carbocycles. The molecule has 0 spiro atoms. The van der Waals surface area contributed by atoms with E-state index < -0.39 is 267 Å². The Bertz CT molecular complexity index is 3280. The third-order valence-electron chi connectivity index (χ3n) is 16.2. The number of carboxylic acids is 4. The fraction of sp³-hybridized carbons (Fsp3) is 0.661. The second-order valence-electron chi connectivity index (χ2n) is 25.9. The lowest BCUT2D eigenvalue weighted by molar-refractivity contribution is -0.146. The van der Waals surface area contributed by atoms with E-state index >= 15 is 0 Å². The first-order valence-corrected chi connectivity index (χ1v) is 33.5. The van der Waals surface area contributed by atoms with Gasteiger partial charge in [-0.05, 0) is 57.8 Å². The number of nitrogens with one attached hydrogen (secondary N) is 14. The van der Waals surface area contributed by atoms with E-state index in [1.165, 1.54) is 33.3 Å². The van der Waals surface area contributed by atoms with Crippen LogP contribution in [0.5, 0.6) is 0 Å².